The van der Waals surface area contributed by atoms with E-state index in [1.165, 1.54) is 0 Å². The van der Waals surface area contributed by atoms with Crippen LogP contribution in [0.1, 0.15) is 31.2 Å². The average Bonchev–Trinajstić information content (AvgIpc) is 3.12. The number of amides is 1. The molecule has 1 amide bonds. The summed E-state index contributed by atoms with van der Waals surface area (Å²) in [6.45, 7) is 0.706. The number of nitrogens with one attached hydrogen (secondary N) is 1. The Morgan fingerprint density at radius 2 is 2.10 bits per heavy atom. The fourth-order valence-electron chi connectivity index (χ4n) is 3.23. The van der Waals surface area contributed by atoms with E-state index >= 15 is 0 Å². The second-order valence-electron chi connectivity index (χ2n) is 6.00. The van der Waals surface area contributed by atoms with Gasteiger partial charge in [0, 0.05) is 18.4 Å². The highest BCUT2D eigenvalue weighted by atomic mass is 16.5. The zero-order valence-corrected chi connectivity index (χ0v) is 11.6. The lowest BCUT2D eigenvalue weighted by atomic mass is 9.87. The predicted molar refractivity (Wildman–Crippen MR) is 75.6 cm³/mol. The number of hydrogen-bond acceptors (Lipinski definition) is 3. The monoisotopic (exact) mass is 275 g/mol. The molecule has 1 aliphatic heterocycles. The molecule has 1 unspecified atom stereocenters. The van der Waals surface area contributed by atoms with Crippen molar-refractivity contribution in [1.82, 2.24) is 5.32 Å². The van der Waals surface area contributed by atoms with E-state index in [-0.39, 0.29) is 17.9 Å². The predicted octanol–water partition coefficient (Wildman–Crippen LogP) is 1.66. The van der Waals surface area contributed by atoms with Crippen molar-refractivity contribution in [3.05, 3.63) is 29.8 Å². The molecule has 1 atom stereocenters. The molecule has 1 aliphatic carbocycles. The third kappa shape index (κ3) is 2.52. The zero-order valence-electron chi connectivity index (χ0n) is 11.6. The molecule has 1 aromatic rings. The number of para-hydroxylation sites is 1. The lowest BCUT2D eigenvalue weighted by Crippen LogP contribution is -2.44. The number of benzene rings is 1. The summed E-state index contributed by atoms with van der Waals surface area (Å²) in [7, 11) is 0. The highest BCUT2D eigenvalue weighted by Crippen LogP contribution is 2.37. The number of ether oxygens (including phenoxy) is 1. The van der Waals surface area contributed by atoms with Gasteiger partial charge in [-0.2, -0.15) is 0 Å². The number of aliphatic hydroxyl groups is 1. The number of carbonyl (C=O) groups excluding carboxylic acids is 1. The van der Waals surface area contributed by atoms with Crippen LogP contribution in [0.2, 0.25) is 0 Å². The van der Waals surface area contributed by atoms with Crippen molar-refractivity contribution >= 4 is 5.91 Å². The van der Waals surface area contributed by atoms with Gasteiger partial charge in [-0.15, -0.1) is 0 Å². The molecule has 4 heteroatoms. The first-order valence-electron chi connectivity index (χ1n) is 7.36. The number of fused-ring (bicyclic) bond motifs is 1. The van der Waals surface area contributed by atoms with Crippen LogP contribution in [-0.2, 0) is 11.2 Å². The number of aliphatic hydroxyl groups excluding tert-OH is 1. The Labute approximate surface area is 119 Å². The van der Waals surface area contributed by atoms with Gasteiger partial charge in [0.1, 0.15) is 5.75 Å². The van der Waals surface area contributed by atoms with Gasteiger partial charge < -0.3 is 15.2 Å². The summed E-state index contributed by atoms with van der Waals surface area (Å²) in [5, 5.41) is 12.5. The van der Waals surface area contributed by atoms with Gasteiger partial charge in [0.25, 0.3) is 5.91 Å². The van der Waals surface area contributed by atoms with Crippen molar-refractivity contribution in [1.29, 1.82) is 0 Å². The molecule has 4 nitrogen and oxygen atoms in total. The third-order valence-corrected chi connectivity index (χ3v) is 4.58. The minimum absolute atomic E-state index is 0.0686. The average molecular weight is 275 g/mol. The van der Waals surface area contributed by atoms with E-state index in [2.05, 4.69) is 5.32 Å². The van der Waals surface area contributed by atoms with Crippen molar-refractivity contribution in [2.45, 2.75) is 38.2 Å². The molecule has 20 heavy (non-hydrogen) atoms. The van der Waals surface area contributed by atoms with Crippen molar-refractivity contribution in [3.63, 3.8) is 0 Å². The van der Waals surface area contributed by atoms with Gasteiger partial charge in [-0.3, -0.25) is 4.79 Å². The van der Waals surface area contributed by atoms with E-state index < -0.39 is 6.10 Å². The molecule has 0 saturated heterocycles. The van der Waals surface area contributed by atoms with E-state index in [9.17, 15) is 9.90 Å². The molecule has 2 aliphatic rings. The van der Waals surface area contributed by atoms with Gasteiger partial charge in [0.2, 0.25) is 0 Å². The smallest absolute Gasteiger partial charge is 0.261 e. The van der Waals surface area contributed by atoms with E-state index in [0.717, 1.165) is 37.0 Å². The van der Waals surface area contributed by atoms with Gasteiger partial charge in [-0.25, -0.2) is 0 Å². The van der Waals surface area contributed by atoms with Crippen LogP contribution in [0.15, 0.2) is 24.3 Å². The minimum atomic E-state index is -0.426. The summed E-state index contributed by atoms with van der Waals surface area (Å²) in [4.78, 5) is 12.2. The van der Waals surface area contributed by atoms with Crippen LogP contribution in [0.3, 0.4) is 0 Å². The molecule has 0 bridgehead atoms. The quantitative estimate of drug-likeness (QED) is 0.878. The van der Waals surface area contributed by atoms with Crippen LogP contribution in [0.5, 0.6) is 5.75 Å². The van der Waals surface area contributed by atoms with Crippen LogP contribution >= 0.6 is 0 Å². The summed E-state index contributed by atoms with van der Waals surface area (Å²) in [5.74, 6) is 0.742. The highest BCUT2D eigenvalue weighted by Gasteiger charge is 2.35. The Balaban J connectivity index is 1.56. The van der Waals surface area contributed by atoms with E-state index in [0.29, 0.717) is 13.0 Å². The molecule has 0 spiro atoms. The largest absolute Gasteiger partial charge is 0.480 e. The standard InChI is InChI=1S/C16H21NO3/c18-11-16(7-3-4-8-16)10-17-15(19)14-9-12-5-1-2-6-13(12)20-14/h1-2,5-6,14,18H,3-4,7-11H2,(H,17,19). The molecule has 1 saturated carbocycles. The summed E-state index contributed by atoms with van der Waals surface area (Å²) < 4.78 is 5.68. The van der Waals surface area contributed by atoms with Crippen LogP contribution < -0.4 is 10.1 Å². The topological polar surface area (TPSA) is 58.6 Å². The zero-order chi connectivity index (χ0) is 14.0. The number of rotatable bonds is 4. The van der Waals surface area contributed by atoms with Gasteiger partial charge in [-0.1, -0.05) is 31.0 Å². The van der Waals surface area contributed by atoms with Crippen molar-refractivity contribution in [3.8, 4) is 5.75 Å². The molecule has 108 valence electrons. The van der Waals surface area contributed by atoms with Crippen molar-refractivity contribution in [2.24, 2.45) is 5.41 Å². The summed E-state index contributed by atoms with van der Waals surface area (Å²) in [5.41, 5.74) is 0.978. The van der Waals surface area contributed by atoms with Gasteiger partial charge in [-0.05, 0) is 24.5 Å². The maximum absolute atomic E-state index is 12.2. The summed E-state index contributed by atoms with van der Waals surface area (Å²) in [6, 6.07) is 7.77. The Kier molecular flexibility index (Phi) is 3.66. The molecule has 1 heterocycles. The second-order valence-corrected chi connectivity index (χ2v) is 6.00. The Morgan fingerprint density at radius 3 is 2.80 bits per heavy atom. The normalized spacial score (nSPS) is 23.1. The van der Waals surface area contributed by atoms with Crippen LogP contribution in [-0.4, -0.2) is 30.3 Å². The van der Waals surface area contributed by atoms with Crippen LogP contribution in [0, 0.1) is 5.41 Å². The highest BCUT2D eigenvalue weighted by molar-refractivity contribution is 5.82. The van der Waals surface area contributed by atoms with Crippen molar-refractivity contribution < 1.29 is 14.6 Å². The van der Waals surface area contributed by atoms with E-state index in [4.69, 9.17) is 4.74 Å². The lowest BCUT2D eigenvalue weighted by molar-refractivity contribution is -0.127. The molecule has 1 aromatic carbocycles. The van der Waals surface area contributed by atoms with E-state index in [1.54, 1.807) is 0 Å². The van der Waals surface area contributed by atoms with Gasteiger partial charge in [0.05, 0.1) is 6.61 Å². The molecule has 2 N–H and O–H groups in total. The molecule has 1 fully saturated rings. The van der Waals surface area contributed by atoms with Crippen molar-refractivity contribution in [2.75, 3.05) is 13.2 Å². The molecule has 0 radical (unpaired) electrons. The fourth-order valence-corrected chi connectivity index (χ4v) is 3.23. The summed E-state index contributed by atoms with van der Waals surface area (Å²) in [6.07, 6.45) is 4.48. The summed E-state index contributed by atoms with van der Waals surface area (Å²) >= 11 is 0. The van der Waals surface area contributed by atoms with Gasteiger partial charge in [0.15, 0.2) is 6.10 Å². The number of hydrogen-bond donors (Lipinski definition) is 2. The SMILES string of the molecule is O=C(NCC1(CO)CCCC1)C1Cc2ccccc2O1. The number of carbonyl (C=O) groups is 1. The molecule has 0 aromatic heterocycles. The Hall–Kier alpha value is -1.55. The second kappa shape index (κ2) is 5.44. The molecule has 3 rings (SSSR count). The molecular formula is C16H21NO3. The van der Waals surface area contributed by atoms with Gasteiger partial charge >= 0.3 is 0 Å². The first kappa shape index (κ1) is 13.4. The third-order valence-electron chi connectivity index (χ3n) is 4.58. The first-order valence-corrected chi connectivity index (χ1v) is 7.36. The van der Waals surface area contributed by atoms with E-state index in [1.807, 2.05) is 24.3 Å². The maximum atomic E-state index is 12.2. The van der Waals surface area contributed by atoms with Crippen LogP contribution in [0.4, 0.5) is 0 Å². The minimum Gasteiger partial charge on any atom is -0.480 e. The maximum Gasteiger partial charge on any atom is 0.261 e. The Bertz CT molecular complexity index is 469. The molecular weight excluding hydrogens is 254 g/mol. The lowest BCUT2D eigenvalue weighted by Gasteiger charge is -2.27. The Morgan fingerprint density at radius 1 is 1.35 bits per heavy atom. The fraction of sp³-hybridized carbons (Fsp3) is 0.562. The van der Waals surface area contributed by atoms with Crippen LogP contribution in [0.25, 0.3) is 0 Å². The first-order chi connectivity index (χ1) is 9.72.